The van der Waals surface area contributed by atoms with Crippen LogP contribution in [0.15, 0.2) is 24.5 Å². The number of likely N-dealkylation sites (N-methyl/N-ethyl adjacent to an activating group) is 1. The normalized spacial score (nSPS) is 21.1. The summed E-state index contributed by atoms with van der Waals surface area (Å²) in [5, 5.41) is 3.23. The summed E-state index contributed by atoms with van der Waals surface area (Å²) < 4.78 is 26.0. The molecule has 0 spiro atoms. The average Bonchev–Trinajstić information content (AvgIpc) is 2.39. The molecule has 0 aromatic carbocycles. The molecule has 0 aliphatic carbocycles. The summed E-state index contributed by atoms with van der Waals surface area (Å²) in [7, 11) is -1.59. The lowest BCUT2D eigenvalue weighted by atomic mass is 10.1. The predicted octanol–water partition coefficient (Wildman–Crippen LogP) is 0.595. The first-order chi connectivity index (χ1) is 8.59. The fourth-order valence-corrected chi connectivity index (χ4v) is 3.60. The Morgan fingerprint density at radius 2 is 2.39 bits per heavy atom. The van der Waals surface area contributed by atoms with Crippen LogP contribution in [0.3, 0.4) is 0 Å². The summed E-state index contributed by atoms with van der Waals surface area (Å²) in [6.45, 7) is 1.72. The van der Waals surface area contributed by atoms with Crippen LogP contribution < -0.4 is 5.32 Å². The summed E-state index contributed by atoms with van der Waals surface area (Å²) in [5.74, 6) is 0.0217. The van der Waals surface area contributed by atoms with Crippen molar-refractivity contribution in [2.75, 3.05) is 20.1 Å². The van der Waals surface area contributed by atoms with E-state index in [0.29, 0.717) is 0 Å². The molecule has 0 bridgehead atoms. The van der Waals surface area contributed by atoms with Gasteiger partial charge in [0.25, 0.3) is 0 Å². The van der Waals surface area contributed by atoms with E-state index in [2.05, 4.69) is 10.3 Å². The third-order valence-corrected chi connectivity index (χ3v) is 5.17. The Labute approximate surface area is 108 Å². The Morgan fingerprint density at radius 3 is 3.00 bits per heavy atom. The summed E-state index contributed by atoms with van der Waals surface area (Å²) in [4.78, 5) is 3.95. The fourth-order valence-electron chi connectivity index (χ4n) is 2.17. The number of hydrogen-bond donors (Lipinski definition) is 1. The van der Waals surface area contributed by atoms with E-state index in [4.69, 9.17) is 0 Å². The maximum Gasteiger partial charge on any atom is 0.218 e. The monoisotopic (exact) mass is 269 g/mol. The zero-order chi connectivity index (χ0) is 13.0. The predicted molar refractivity (Wildman–Crippen MR) is 70.5 cm³/mol. The molecule has 0 amide bonds. The van der Waals surface area contributed by atoms with Crippen molar-refractivity contribution in [2.24, 2.45) is 0 Å². The molecular formula is C12H19N3O2S. The molecule has 1 N–H and O–H groups in total. The molecule has 1 aromatic rings. The van der Waals surface area contributed by atoms with Gasteiger partial charge in [0.2, 0.25) is 10.0 Å². The first-order valence-electron chi connectivity index (χ1n) is 6.15. The lowest BCUT2D eigenvalue weighted by Crippen LogP contribution is -2.46. The van der Waals surface area contributed by atoms with Gasteiger partial charge >= 0.3 is 0 Å². The fraction of sp³-hybridized carbons (Fsp3) is 0.583. The highest BCUT2D eigenvalue weighted by Gasteiger charge is 2.27. The Hall–Kier alpha value is -0.980. The van der Waals surface area contributed by atoms with Crippen molar-refractivity contribution >= 4 is 10.0 Å². The van der Waals surface area contributed by atoms with Crippen molar-refractivity contribution in [3.63, 3.8) is 0 Å². The second kappa shape index (κ2) is 5.77. The average molecular weight is 269 g/mol. The Kier molecular flexibility index (Phi) is 4.31. The van der Waals surface area contributed by atoms with Gasteiger partial charge in [-0.2, -0.15) is 0 Å². The molecular weight excluding hydrogens is 250 g/mol. The van der Waals surface area contributed by atoms with Gasteiger partial charge in [-0.1, -0.05) is 6.07 Å². The van der Waals surface area contributed by atoms with Gasteiger partial charge in [-0.15, -0.1) is 0 Å². The van der Waals surface area contributed by atoms with Gasteiger partial charge in [0.1, 0.15) is 0 Å². The van der Waals surface area contributed by atoms with E-state index in [9.17, 15) is 8.42 Å². The summed E-state index contributed by atoms with van der Waals surface area (Å²) in [6.07, 6.45) is 5.20. The zero-order valence-corrected chi connectivity index (χ0v) is 11.4. The number of pyridine rings is 1. The van der Waals surface area contributed by atoms with Crippen molar-refractivity contribution in [2.45, 2.75) is 24.6 Å². The number of aromatic nitrogens is 1. The quantitative estimate of drug-likeness (QED) is 0.869. The lowest BCUT2D eigenvalue weighted by molar-refractivity contribution is 0.300. The Morgan fingerprint density at radius 1 is 1.56 bits per heavy atom. The van der Waals surface area contributed by atoms with Crippen molar-refractivity contribution in [3.05, 3.63) is 30.1 Å². The standard InChI is InChI=1S/C12H19N3O2S/c1-15(12-5-3-7-14-9-12)18(16,17)10-11-4-2-6-13-8-11/h2,4,6,8,12,14H,3,5,7,9-10H2,1H3. The van der Waals surface area contributed by atoms with Gasteiger partial charge < -0.3 is 5.32 Å². The molecule has 100 valence electrons. The molecule has 0 saturated carbocycles. The molecule has 1 fully saturated rings. The van der Waals surface area contributed by atoms with Crippen molar-refractivity contribution in [1.82, 2.24) is 14.6 Å². The summed E-state index contributed by atoms with van der Waals surface area (Å²) >= 11 is 0. The Bertz CT molecular complexity index is 469. The molecule has 1 aromatic heterocycles. The maximum atomic E-state index is 12.3. The van der Waals surface area contributed by atoms with E-state index >= 15 is 0 Å². The molecule has 1 saturated heterocycles. The molecule has 0 radical (unpaired) electrons. The van der Waals surface area contributed by atoms with Gasteiger partial charge in [-0.05, 0) is 31.0 Å². The van der Waals surface area contributed by atoms with Gasteiger partial charge in [0, 0.05) is 32.0 Å². The van der Waals surface area contributed by atoms with Gasteiger partial charge in [0.15, 0.2) is 0 Å². The van der Waals surface area contributed by atoms with E-state index in [1.165, 1.54) is 4.31 Å². The van der Waals surface area contributed by atoms with Gasteiger partial charge in [-0.25, -0.2) is 12.7 Å². The van der Waals surface area contributed by atoms with Gasteiger partial charge in [0.05, 0.1) is 5.75 Å². The second-order valence-electron chi connectivity index (χ2n) is 4.63. The van der Waals surface area contributed by atoms with Crippen molar-refractivity contribution in [1.29, 1.82) is 0 Å². The van der Waals surface area contributed by atoms with Crippen molar-refractivity contribution < 1.29 is 8.42 Å². The van der Waals surface area contributed by atoms with E-state index in [1.807, 2.05) is 0 Å². The minimum absolute atomic E-state index is 0.0217. The van der Waals surface area contributed by atoms with Crippen LogP contribution in [-0.2, 0) is 15.8 Å². The molecule has 2 heterocycles. The summed E-state index contributed by atoms with van der Waals surface area (Å²) in [5.41, 5.74) is 0.730. The van der Waals surface area contributed by atoms with Crippen LogP contribution in [0.4, 0.5) is 0 Å². The van der Waals surface area contributed by atoms with Crippen LogP contribution >= 0.6 is 0 Å². The molecule has 6 heteroatoms. The SMILES string of the molecule is CN(C1CCCNC1)S(=O)(=O)Cc1cccnc1. The molecule has 1 unspecified atom stereocenters. The first-order valence-corrected chi connectivity index (χ1v) is 7.76. The molecule has 2 rings (SSSR count). The minimum Gasteiger partial charge on any atom is -0.315 e. The van der Waals surface area contributed by atoms with Crippen LogP contribution in [0.1, 0.15) is 18.4 Å². The van der Waals surface area contributed by atoms with Crippen LogP contribution in [0.2, 0.25) is 0 Å². The van der Waals surface area contributed by atoms with Crippen LogP contribution in [0.5, 0.6) is 0 Å². The number of nitrogens with zero attached hydrogens (tertiary/aromatic N) is 2. The largest absolute Gasteiger partial charge is 0.315 e. The molecule has 5 nitrogen and oxygen atoms in total. The number of sulfonamides is 1. The highest BCUT2D eigenvalue weighted by molar-refractivity contribution is 7.88. The van der Waals surface area contributed by atoms with Crippen LogP contribution in [0, 0.1) is 0 Å². The first kappa shape index (κ1) is 13.5. The molecule has 1 aliphatic rings. The number of hydrogen-bond acceptors (Lipinski definition) is 4. The maximum absolute atomic E-state index is 12.3. The zero-order valence-electron chi connectivity index (χ0n) is 10.5. The van der Waals surface area contributed by atoms with E-state index in [1.54, 1.807) is 31.6 Å². The second-order valence-corrected chi connectivity index (χ2v) is 6.66. The lowest BCUT2D eigenvalue weighted by Gasteiger charge is -2.30. The van der Waals surface area contributed by atoms with E-state index < -0.39 is 10.0 Å². The van der Waals surface area contributed by atoms with E-state index in [-0.39, 0.29) is 11.8 Å². The highest BCUT2D eigenvalue weighted by Crippen LogP contribution is 2.15. The molecule has 1 aliphatic heterocycles. The van der Waals surface area contributed by atoms with Crippen LogP contribution in [0.25, 0.3) is 0 Å². The van der Waals surface area contributed by atoms with Crippen LogP contribution in [-0.4, -0.2) is 43.9 Å². The number of rotatable bonds is 4. The molecule has 18 heavy (non-hydrogen) atoms. The summed E-state index contributed by atoms with van der Waals surface area (Å²) in [6, 6.07) is 3.62. The third kappa shape index (κ3) is 3.28. The topological polar surface area (TPSA) is 62.3 Å². The minimum atomic E-state index is -3.26. The molecule has 1 atom stereocenters. The van der Waals surface area contributed by atoms with Crippen molar-refractivity contribution in [3.8, 4) is 0 Å². The third-order valence-electron chi connectivity index (χ3n) is 3.30. The smallest absolute Gasteiger partial charge is 0.218 e. The number of piperidine rings is 1. The van der Waals surface area contributed by atoms with E-state index in [0.717, 1.165) is 31.5 Å². The Balaban J connectivity index is 2.05. The highest BCUT2D eigenvalue weighted by atomic mass is 32.2. The van der Waals surface area contributed by atoms with Gasteiger partial charge in [-0.3, -0.25) is 4.98 Å². The number of nitrogens with one attached hydrogen (secondary N) is 1.